The van der Waals surface area contributed by atoms with Crippen LogP contribution in [-0.2, 0) is 6.54 Å². The van der Waals surface area contributed by atoms with Gasteiger partial charge in [-0.1, -0.05) is 19.8 Å². The van der Waals surface area contributed by atoms with Gasteiger partial charge in [0.15, 0.2) is 0 Å². The van der Waals surface area contributed by atoms with Crippen LogP contribution in [0, 0.1) is 0 Å². The summed E-state index contributed by atoms with van der Waals surface area (Å²) in [6, 6.07) is 4.11. The highest BCUT2D eigenvalue weighted by Crippen LogP contribution is 2.37. The van der Waals surface area contributed by atoms with Crippen molar-refractivity contribution < 1.29 is 9.84 Å². The third-order valence-corrected chi connectivity index (χ3v) is 4.83. The zero-order valence-electron chi connectivity index (χ0n) is 11.7. The molecule has 1 aromatic carbocycles. The summed E-state index contributed by atoms with van der Waals surface area (Å²) in [7, 11) is 0. The van der Waals surface area contributed by atoms with E-state index in [0.29, 0.717) is 6.61 Å². The molecule has 0 bridgehead atoms. The van der Waals surface area contributed by atoms with E-state index in [9.17, 15) is 5.11 Å². The Balaban J connectivity index is 2.04. The monoisotopic (exact) mass is 405 g/mol. The first-order valence-corrected chi connectivity index (χ1v) is 8.66. The summed E-state index contributed by atoms with van der Waals surface area (Å²) >= 11 is 7.11. The van der Waals surface area contributed by atoms with Crippen molar-refractivity contribution in [1.82, 2.24) is 5.32 Å². The van der Waals surface area contributed by atoms with Gasteiger partial charge in [0.2, 0.25) is 0 Å². The molecule has 0 unspecified atom stereocenters. The standard InChI is InChI=1S/C15H21Br2NO2/c1-2-18-9-11-7-12(16)14(13(17)8-11)20-10-15(19)5-3-4-6-15/h7-8,18-19H,2-6,9-10H2,1H3. The molecule has 1 fully saturated rings. The second-order valence-corrected chi connectivity index (χ2v) is 7.10. The topological polar surface area (TPSA) is 41.5 Å². The number of benzene rings is 1. The van der Waals surface area contributed by atoms with E-state index in [1.54, 1.807) is 0 Å². The first-order chi connectivity index (χ1) is 9.54. The van der Waals surface area contributed by atoms with Gasteiger partial charge in [-0.2, -0.15) is 0 Å². The van der Waals surface area contributed by atoms with Crippen molar-refractivity contribution in [2.75, 3.05) is 13.2 Å². The Hall–Kier alpha value is -0.100. The molecule has 2 N–H and O–H groups in total. The molecule has 0 saturated heterocycles. The SMILES string of the molecule is CCNCc1cc(Br)c(OCC2(O)CCCC2)c(Br)c1. The lowest BCUT2D eigenvalue weighted by atomic mass is 10.0. The van der Waals surface area contributed by atoms with Gasteiger partial charge in [-0.05, 0) is 68.9 Å². The van der Waals surface area contributed by atoms with Crippen LogP contribution >= 0.6 is 31.9 Å². The van der Waals surface area contributed by atoms with E-state index < -0.39 is 5.60 Å². The molecule has 0 aromatic heterocycles. The number of hydrogen-bond acceptors (Lipinski definition) is 3. The fourth-order valence-corrected chi connectivity index (χ4v) is 4.02. The lowest BCUT2D eigenvalue weighted by Gasteiger charge is -2.23. The Kier molecular flexibility index (Phi) is 5.90. The number of hydrogen-bond donors (Lipinski definition) is 2. The zero-order chi connectivity index (χ0) is 14.6. The minimum absolute atomic E-state index is 0.358. The van der Waals surface area contributed by atoms with E-state index in [4.69, 9.17) is 4.74 Å². The minimum Gasteiger partial charge on any atom is -0.488 e. The van der Waals surface area contributed by atoms with Crippen molar-refractivity contribution in [3.8, 4) is 5.75 Å². The van der Waals surface area contributed by atoms with E-state index in [1.165, 1.54) is 5.56 Å². The molecule has 1 aliphatic carbocycles. The first-order valence-electron chi connectivity index (χ1n) is 7.08. The summed E-state index contributed by atoms with van der Waals surface area (Å²) < 4.78 is 7.69. The highest BCUT2D eigenvalue weighted by Gasteiger charge is 2.32. The third kappa shape index (κ3) is 4.20. The van der Waals surface area contributed by atoms with E-state index in [-0.39, 0.29) is 0 Å². The number of ether oxygens (including phenoxy) is 1. The Morgan fingerprint density at radius 3 is 2.40 bits per heavy atom. The number of nitrogens with one attached hydrogen (secondary N) is 1. The van der Waals surface area contributed by atoms with Crippen LogP contribution in [0.25, 0.3) is 0 Å². The molecule has 1 aromatic rings. The third-order valence-electron chi connectivity index (χ3n) is 3.66. The smallest absolute Gasteiger partial charge is 0.147 e. The second kappa shape index (κ2) is 7.25. The zero-order valence-corrected chi connectivity index (χ0v) is 14.9. The summed E-state index contributed by atoms with van der Waals surface area (Å²) in [6.45, 7) is 4.22. The van der Waals surface area contributed by atoms with Crippen LogP contribution in [0.5, 0.6) is 5.75 Å². The van der Waals surface area contributed by atoms with Crippen LogP contribution in [0.4, 0.5) is 0 Å². The molecule has 0 aliphatic heterocycles. The molecule has 0 atom stereocenters. The summed E-state index contributed by atoms with van der Waals surface area (Å²) in [5.41, 5.74) is 0.541. The van der Waals surface area contributed by atoms with Gasteiger partial charge in [0.05, 0.1) is 14.5 Å². The fourth-order valence-electron chi connectivity index (χ4n) is 2.51. The molecule has 1 aliphatic rings. The maximum absolute atomic E-state index is 10.3. The van der Waals surface area contributed by atoms with Crippen molar-refractivity contribution in [2.24, 2.45) is 0 Å². The van der Waals surface area contributed by atoms with Gasteiger partial charge in [-0.3, -0.25) is 0 Å². The number of aliphatic hydroxyl groups is 1. The lowest BCUT2D eigenvalue weighted by molar-refractivity contribution is 0.000948. The van der Waals surface area contributed by atoms with Crippen molar-refractivity contribution in [1.29, 1.82) is 0 Å². The largest absolute Gasteiger partial charge is 0.488 e. The van der Waals surface area contributed by atoms with Crippen LogP contribution < -0.4 is 10.1 Å². The Labute approximate surface area is 137 Å². The Morgan fingerprint density at radius 2 is 1.85 bits per heavy atom. The van der Waals surface area contributed by atoms with Crippen molar-refractivity contribution in [2.45, 2.75) is 44.8 Å². The van der Waals surface area contributed by atoms with Crippen LogP contribution in [0.1, 0.15) is 38.2 Å². The maximum atomic E-state index is 10.3. The molecule has 112 valence electrons. The quantitative estimate of drug-likeness (QED) is 0.749. The van der Waals surface area contributed by atoms with Crippen LogP contribution in [0.2, 0.25) is 0 Å². The molecule has 0 amide bonds. The Bertz CT molecular complexity index is 436. The average Bonchev–Trinajstić information content (AvgIpc) is 2.82. The molecule has 3 nitrogen and oxygen atoms in total. The van der Waals surface area contributed by atoms with E-state index >= 15 is 0 Å². The number of halogens is 2. The van der Waals surface area contributed by atoms with E-state index in [2.05, 4.69) is 56.2 Å². The van der Waals surface area contributed by atoms with Gasteiger partial charge >= 0.3 is 0 Å². The predicted molar refractivity (Wildman–Crippen MR) is 88.1 cm³/mol. The maximum Gasteiger partial charge on any atom is 0.147 e. The van der Waals surface area contributed by atoms with Gasteiger partial charge in [0.25, 0.3) is 0 Å². The van der Waals surface area contributed by atoms with Crippen LogP contribution in [0.3, 0.4) is 0 Å². The van der Waals surface area contributed by atoms with E-state index in [1.807, 2.05) is 0 Å². The van der Waals surface area contributed by atoms with Crippen LogP contribution in [0.15, 0.2) is 21.1 Å². The normalized spacial score (nSPS) is 17.4. The molecule has 0 heterocycles. The molecule has 0 radical (unpaired) electrons. The molecule has 1 saturated carbocycles. The highest BCUT2D eigenvalue weighted by atomic mass is 79.9. The lowest BCUT2D eigenvalue weighted by Crippen LogP contribution is -2.32. The fraction of sp³-hybridized carbons (Fsp3) is 0.600. The van der Waals surface area contributed by atoms with Crippen molar-refractivity contribution in [3.63, 3.8) is 0 Å². The van der Waals surface area contributed by atoms with Gasteiger partial charge < -0.3 is 15.2 Å². The molecule has 2 rings (SSSR count). The number of rotatable bonds is 6. The molecular formula is C15H21Br2NO2. The van der Waals surface area contributed by atoms with Crippen molar-refractivity contribution >= 4 is 31.9 Å². The van der Waals surface area contributed by atoms with Gasteiger partial charge in [-0.25, -0.2) is 0 Å². The van der Waals surface area contributed by atoms with Crippen molar-refractivity contribution in [3.05, 3.63) is 26.6 Å². The summed E-state index contributed by atoms with van der Waals surface area (Å²) in [4.78, 5) is 0. The molecule has 20 heavy (non-hydrogen) atoms. The molecule has 0 spiro atoms. The highest BCUT2D eigenvalue weighted by molar-refractivity contribution is 9.11. The predicted octanol–water partition coefficient (Wildman–Crippen LogP) is 4.01. The van der Waals surface area contributed by atoms with Gasteiger partial charge in [-0.15, -0.1) is 0 Å². The van der Waals surface area contributed by atoms with Gasteiger partial charge in [0.1, 0.15) is 12.4 Å². The van der Waals surface area contributed by atoms with Gasteiger partial charge in [0, 0.05) is 6.54 Å². The first kappa shape index (κ1) is 16.3. The summed E-state index contributed by atoms with van der Waals surface area (Å²) in [5, 5.41) is 13.6. The Morgan fingerprint density at radius 1 is 1.25 bits per heavy atom. The van der Waals surface area contributed by atoms with Crippen LogP contribution in [-0.4, -0.2) is 23.9 Å². The molecule has 5 heteroatoms. The summed E-state index contributed by atoms with van der Waals surface area (Å²) in [6.07, 6.45) is 3.84. The average molecular weight is 407 g/mol. The second-order valence-electron chi connectivity index (χ2n) is 5.39. The van der Waals surface area contributed by atoms with E-state index in [0.717, 1.165) is 53.5 Å². The summed E-state index contributed by atoms with van der Waals surface area (Å²) in [5.74, 6) is 0.769. The minimum atomic E-state index is -0.651. The molecular weight excluding hydrogens is 386 g/mol.